The third-order valence-corrected chi connectivity index (χ3v) is 3.64. The van der Waals surface area contributed by atoms with Gasteiger partial charge in [0.15, 0.2) is 0 Å². The highest BCUT2D eigenvalue weighted by Gasteiger charge is 2.13. The quantitative estimate of drug-likeness (QED) is 0.931. The molecule has 20 heavy (non-hydrogen) atoms. The molecule has 0 saturated carbocycles. The molecule has 4 heteroatoms. The first-order chi connectivity index (χ1) is 9.40. The third kappa shape index (κ3) is 2.69. The molecule has 4 nitrogen and oxygen atoms in total. The first kappa shape index (κ1) is 14.2. The normalized spacial score (nSPS) is 10.6. The van der Waals surface area contributed by atoms with Crippen molar-refractivity contribution in [3.05, 3.63) is 46.4 Å². The van der Waals surface area contributed by atoms with Crippen LogP contribution >= 0.6 is 0 Å². The van der Waals surface area contributed by atoms with Crippen LogP contribution in [0, 0.1) is 27.7 Å². The van der Waals surface area contributed by atoms with E-state index in [-0.39, 0.29) is 6.42 Å². The zero-order chi connectivity index (χ0) is 14.9. The SMILES string of the molecule is Cc1cc(C)c(C)c(-c2ccnc(CC(=O)O)n2)c1C. The zero-order valence-electron chi connectivity index (χ0n) is 12.2. The molecular weight excluding hydrogens is 252 g/mol. The van der Waals surface area contributed by atoms with E-state index in [1.165, 1.54) is 22.3 Å². The maximum absolute atomic E-state index is 10.8. The molecule has 0 saturated heterocycles. The fourth-order valence-electron chi connectivity index (χ4n) is 2.36. The zero-order valence-corrected chi connectivity index (χ0v) is 12.2. The molecule has 0 aliphatic carbocycles. The van der Waals surface area contributed by atoms with E-state index in [0.717, 1.165) is 11.3 Å². The van der Waals surface area contributed by atoms with E-state index in [1.54, 1.807) is 6.20 Å². The molecule has 0 bridgehead atoms. The summed E-state index contributed by atoms with van der Waals surface area (Å²) in [7, 11) is 0. The van der Waals surface area contributed by atoms with Gasteiger partial charge in [0.1, 0.15) is 12.2 Å². The molecule has 0 aliphatic heterocycles. The summed E-state index contributed by atoms with van der Waals surface area (Å²) in [6, 6.07) is 3.99. The molecule has 0 aliphatic rings. The van der Waals surface area contributed by atoms with Gasteiger partial charge in [-0.1, -0.05) is 6.07 Å². The first-order valence-electron chi connectivity index (χ1n) is 6.51. The van der Waals surface area contributed by atoms with Crippen LogP contribution in [0.1, 0.15) is 28.1 Å². The number of rotatable bonds is 3. The van der Waals surface area contributed by atoms with Gasteiger partial charge in [-0.05, 0) is 56.0 Å². The number of carbonyl (C=O) groups is 1. The van der Waals surface area contributed by atoms with E-state index in [0.29, 0.717) is 5.82 Å². The number of aliphatic carboxylic acids is 1. The molecule has 1 heterocycles. The number of benzene rings is 1. The second kappa shape index (κ2) is 5.41. The predicted molar refractivity (Wildman–Crippen MR) is 77.8 cm³/mol. The maximum Gasteiger partial charge on any atom is 0.311 e. The molecule has 1 aromatic heterocycles. The number of hydrogen-bond donors (Lipinski definition) is 1. The van der Waals surface area contributed by atoms with Gasteiger partial charge in [-0.25, -0.2) is 9.97 Å². The number of aromatic nitrogens is 2. The van der Waals surface area contributed by atoms with Crippen molar-refractivity contribution in [3.63, 3.8) is 0 Å². The lowest BCUT2D eigenvalue weighted by atomic mass is 9.92. The Morgan fingerprint density at radius 2 is 1.75 bits per heavy atom. The molecule has 0 atom stereocenters. The fraction of sp³-hybridized carbons (Fsp3) is 0.312. The van der Waals surface area contributed by atoms with Gasteiger partial charge in [0.25, 0.3) is 0 Å². The average molecular weight is 270 g/mol. The largest absolute Gasteiger partial charge is 0.481 e. The van der Waals surface area contributed by atoms with Crippen LogP contribution in [0.3, 0.4) is 0 Å². The summed E-state index contributed by atoms with van der Waals surface area (Å²) in [4.78, 5) is 19.2. The minimum absolute atomic E-state index is 0.156. The molecule has 0 fully saturated rings. The van der Waals surface area contributed by atoms with Gasteiger partial charge in [-0.2, -0.15) is 0 Å². The minimum atomic E-state index is -0.920. The number of carboxylic acid groups (broad SMARTS) is 1. The van der Waals surface area contributed by atoms with Crippen LogP contribution in [-0.2, 0) is 11.2 Å². The smallest absolute Gasteiger partial charge is 0.311 e. The van der Waals surface area contributed by atoms with Crippen LogP contribution in [0.5, 0.6) is 0 Å². The van der Waals surface area contributed by atoms with Crippen molar-refractivity contribution in [1.82, 2.24) is 9.97 Å². The summed E-state index contributed by atoms with van der Waals surface area (Å²) in [5.41, 5.74) is 6.64. The van der Waals surface area contributed by atoms with E-state index in [9.17, 15) is 4.79 Å². The molecule has 0 radical (unpaired) electrons. The summed E-state index contributed by atoms with van der Waals surface area (Å²) in [6.07, 6.45) is 1.47. The van der Waals surface area contributed by atoms with Gasteiger partial charge in [-0.3, -0.25) is 4.79 Å². The Labute approximate surface area is 118 Å². The lowest BCUT2D eigenvalue weighted by Gasteiger charge is -2.15. The lowest BCUT2D eigenvalue weighted by molar-refractivity contribution is -0.136. The standard InChI is InChI=1S/C16H18N2O2/c1-9-7-10(2)12(4)16(11(9)3)13-5-6-17-14(18-13)8-15(19)20/h5-7H,8H2,1-4H3,(H,19,20). The highest BCUT2D eigenvalue weighted by Crippen LogP contribution is 2.30. The maximum atomic E-state index is 10.8. The monoisotopic (exact) mass is 270 g/mol. The van der Waals surface area contributed by atoms with Crippen molar-refractivity contribution in [2.75, 3.05) is 0 Å². The van der Waals surface area contributed by atoms with E-state index >= 15 is 0 Å². The average Bonchev–Trinajstić information content (AvgIpc) is 2.36. The first-order valence-corrected chi connectivity index (χ1v) is 6.51. The Morgan fingerprint density at radius 1 is 1.15 bits per heavy atom. The van der Waals surface area contributed by atoms with Crippen LogP contribution < -0.4 is 0 Å². The van der Waals surface area contributed by atoms with E-state index in [4.69, 9.17) is 5.11 Å². The van der Waals surface area contributed by atoms with Gasteiger partial charge in [-0.15, -0.1) is 0 Å². The Kier molecular flexibility index (Phi) is 3.84. The van der Waals surface area contributed by atoms with E-state index < -0.39 is 5.97 Å². The highest BCUT2D eigenvalue weighted by molar-refractivity contribution is 5.72. The van der Waals surface area contributed by atoms with E-state index in [2.05, 4.69) is 43.7 Å². The van der Waals surface area contributed by atoms with Crippen LogP contribution in [0.4, 0.5) is 0 Å². The summed E-state index contributed by atoms with van der Waals surface area (Å²) < 4.78 is 0. The highest BCUT2D eigenvalue weighted by atomic mass is 16.4. The molecule has 104 valence electrons. The molecule has 1 aromatic carbocycles. The molecule has 2 aromatic rings. The molecule has 1 N–H and O–H groups in total. The molecule has 0 spiro atoms. The number of aryl methyl sites for hydroxylation is 2. The van der Waals surface area contributed by atoms with Crippen LogP contribution in [0.15, 0.2) is 18.3 Å². The van der Waals surface area contributed by atoms with Gasteiger partial charge in [0.2, 0.25) is 0 Å². The Balaban J connectivity index is 2.60. The van der Waals surface area contributed by atoms with Gasteiger partial charge < -0.3 is 5.11 Å². The van der Waals surface area contributed by atoms with Crippen LogP contribution in [0.25, 0.3) is 11.3 Å². The number of hydrogen-bond acceptors (Lipinski definition) is 3. The molecule has 2 rings (SSSR count). The third-order valence-electron chi connectivity index (χ3n) is 3.64. The van der Waals surface area contributed by atoms with Gasteiger partial charge in [0, 0.05) is 11.8 Å². The second-order valence-electron chi connectivity index (χ2n) is 5.06. The second-order valence-corrected chi connectivity index (χ2v) is 5.06. The van der Waals surface area contributed by atoms with Crippen molar-refractivity contribution >= 4 is 5.97 Å². The van der Waals surface area contributed by atoms with Gasteiger partial charge in [0.05, 0.1) is 5.69 Å². The Morgan fingerprint density at radius 3 is 2.30 bits per heavy atom. The summed E-state index contributed by atoms with van der Waals surface area (Å²) in [5.74, 6) is -0.580. The Hall–Kier alpha value is -2.23. The van der Waals surface area contributed by atoms with Crippen LogP contribution in [-0.4, -0.2) is 21.0 Å². The van der Waals surface area contributed by atoms with Gasteiger partial charge >= 0.3 is 5.97 Å². The molecule has 0 amide bonds. The summed E-state index contributed by atoms with van der Waals surface area (Å²) in [6.45, 7) is 8.28. The van der Waals surface area contributed by atoms with E-state index in [1.807, 2.05) is 6.07 Å². The predicted octanol–water partition coefficient (Wildman–Crippen LogP) is 3.00. The summed E-state index contributed by atoms with van der Waals surface area (Å²) in [5, 5.41) is 8.85. The van der Waals surface area contributed by atoms with Crippen molar-refractivity contribution < 1.29 is 9.90 Å². The number of nitrogens with zero attached hydrogens (tertiary/aromatic N) is 2. The minimum Gasteiger partial charge on any atom is -0.481 e. The molecular formula is C16H18N2O2. The molecule has 0 unspecified atom stereocenters. The Bertz CT molecular complexity index is 652. The van der Waals surface area contributed by atoms with Crippen molar-refractivity contribution in [3.8, 4) is 11.3 Å². The van der Waals surface area contributed by atoms with Crippen molar-refractivity contribution in [2.24, 2.45) is 0 Å². The number of carboxylic acids is 1. The van der Waals surface area contributed by atoms with Crippen LogP contribution in [0.2, 0.25) is 0 Å². The fourth-order valence-corrected chi connectivity index (χ4v) is 2.36. The lowest BCUT2D eigenvalue weighted by Crippen LogP contribution is -2.06. The van der Waals surface area contributed by atoms with Crippen molar-refractivity contribution in [2.45, 2.75) is 34.1 Å². The topological polar surface area (TPSA) is 63.1 Å². The summed E-state index contributed by atoms with van der Waals surface area (Å²) >= 11 is 0. The van der Waals surface area contributed by atoms with Crippen molar-refractivity contribution in [1.29, 1.82) is 0 Å².